The number of nitrogens with one attached hydrogen (secondary N) is 1. The van der Waals surface area contributed by atoms with Crippen LogP contribution in [0.1, 0.15) is 15.9 Å². The van der Waals surface area contributed by atoms with E-state index in [9.17, 15) is 14.0 Å². The van der Waals surface area contributed by atoms with Crippen molar-refractivity contribution in [3.05, 3.63) is 83.7 Å². The maximum atomic E-state index is 13.0. The third kappa shape index (κ3) is 3.44. The average Bonchev–Trinajstić information content (AvgIpc) is 2.79. The highest BCUT2D eigenvalue weighted by atomic mass is 19.1. The third-order valence-electron chi connectivity index (χ3n) is 4.52. The Bertz CT molecular complexity index is 1060. The minimum Gasteiger partial charge on any atom is -0.454 e. The van der Waals surface area contributed by atoms with Crippen molar-refractivity contribution in [2.24, 2.45) is 0 Å². The van der Waals surface area contributed by atoms with Gasteiger partial charge in [0, 0.05) is 12.7 Å². The van der Waals surface area contributed by atoms with Crippen LogP contribution < -0.4 is 15.0 Å². The van der Waals surface area contributed by atoms with Crippen molar-refractivity contribution in [1.29, 1.82) is 0 Å². The number of para-hydroxylation sites is 2. The molecule has 0 aromatic heterocycles. The Morgan fingerprint density at radius 1 is 1.04 bits per heavy atom. The van der Waals surface area contributed by atoms with E-state index in [1.165, 1.54) is 17.0 Å². The molecule has 3 aromatic carbocycles. The second kappa shape index (κ2) is 7.15. The van der Waals surface area contributed by atoms with Gasteiger partial charge in [-0.15, -0.1) is 0 Å². The summed E-state index contributed by atoms with van der Waals surface area (Å²) in [6.07, 6.45) is 0.104. The van der Waals surface area contributed by atoms with Crippen LogP contribution in [0.3, 0.4) is 0 Å². The first kappa shape index (κ1) is 17.7. The molecule has 5 nitrogen and oxygen atoms in total. The van der Waals surface area contributed by atoms with Crippen LogP contribution in [0.5, 0.6) is 11.5 Å². The van der Waals surface area contributed by atoms with Crippen molar-refractivity contribution in [1.82, 2.24) is 0 Å². The van der Waals surface area contributed by atoms with Crippen molar-refractivity contribution in [2.75, 3.05) is 17.3 Å². The standard InChI is InChI=1S/C22H17FN2O3/c1-25-18-4-2-3-5-20(18)28-19-11-10-16(13-17(19)22(25)27)24-21(26)12-14-6-8-15(23)9-7-14/h2-11,13H,12H2,1H3,(H,24,26). The topological polar surface area (TPSA) is 58.6 Å². The number of amides is 2. The molecule has 140 valence electrons. The molecule has 1 heterocycles. The second-order valence-electron chi connectivity index (χ2n) is 6.50. The molecule has 4 rings (SSSR count). The maximum absolute atomic E-state index is 13.0. The summed E-state index contributed by atoms with van der Waals surface area (Å²) in [7, 11) is 1.68. The largest absolute Gasteiger partial charge is 0.454 e. The number of halogens is 1. The minimum absolute atomic E-state index is 0.104. The zero-order valence-electron chi connectivity index (χ0n) is 15.1. The van der Waals surface area contributed by atoms with Crippen molar-refractivity contribution < 1.29 is 18.7 Å². The van der Waals surface area contributed by atoms with Gasteiger partial charge in [0.15, 0.2) is 5.75 Å². The zero-order chi connectivity index (χ0) is 19.7. The molecule has 0 bridgehead atoms. The Morgan fingerprint density at radius 2 is 1.79 bits per heavy atom. The van der Waals surface area contributed by atoms with Gasteiger partial charge in [0.25, 0.3) is 5.91 Å². The fourth-order valence-corrected chi connectivity index (χ4v) is 3.09. The van der Waals surface area contributed by atoms with Gasteiger partial charge in [-0.25, -0.2) is 4.39 Å². The van der Waals surface area contributed by atoms with Crippen LogP contribution in [-0.2, 0) is 11.2 Å². The molecule has 1 aliphatic heterocycles. The first-order valence-corrected chi connectivity index (χ1v) is 8.74. The van der Waals surface area contributed by atoms with Gasteiger partial charge in [-0.2, -0.15) is 0 Å². The van der Waals surface area contributed by atoms with Gasteiger partial charge in [0.2, 0.25) is 5.91 Å². The van der Waals surface area contributed by atoms with Crippen molar-refractivity contribution >= 4 is 23.2 Å². The Kier molecular flexibility index (Phi) is 4.53. The lowest BCUT2D eigenvalue weighted by Crippen LogP contribution is -2.25. The first-order chi connectivity index (χ1) is 13.5. The predicted octanol–water partition coefficient (Wildman–Crippen LogP) is 4.39. The van der Waals surface area contributed by atoms with Gasteiger partial charge in [-0.3, -0.25) is 9.59 Å². The molecule has 0 fully saturated rings. The Balaban J connectivity index is 1.56. The lowest BCUT2D eigenvalue weighted by Gasteiger charge is -2.16. The highest BCUT2D eigenvalue weighted by molar-refractivity contribution is 6.10. The second-order valence-corrected chi connectivity index (χ2v) is 6.50. The number of rotatable bonds is 3. The third-order valence-corrected chi connectivity index (χ3v) is 4.52. The molecular formula is C22H17FN2O3. The molecule has 6 heteroatoms. The van der Waals surface area contributed by atoms with Gasteiger partial charge < -0.3 is 15.0 Å². The van der Waals surface area contributed by atoms with E-state index < -0.39 is 0 Å². The summed E-state index contributed by atoms with van der Waals surface area (Å²) in [5, 5.41) is 2.77. The summed E-state index contributed by atoms with van der Waals surface area (Å²) in [6.45, 7) is 0. The van der Waals surface area contributed by atoms with Crippen LogP contribution in [0.2, 0.25) is 0 Å². The number of nitrogens with zero attached hydrogens (tertiary/aromatic N) is 1. The molecule has 0 saturated carbocycles. The fourth-order valence-electron chi connectivity index (χ4n) is 3.09. The van der Waals surface area contributed by atoms with Crippen LogP contribution in [0, 0.1) is 5.82 Å². The lowest BCUT2D eigenvalue weighted by molar-refractivity contribution is -0.115. The normalized spacial score (nSPS) is 12.5. The molecule has 0 radical (unpaired) electrons. The van der Waals surface area contributed by atoms with Crippen LogP contribution in [-0.4, -0.2) is 18.9 Å². The molecule has 1 aliphatic rings. The van der Waals surface area contributed by atoms with E-state index in [0.29, 0.717) is 34.0 Å². The molecule has 1 N–H and O–H groups in total. The van der Waals surface area contributed by atoms with Gasteiger partial charge in [0.1, 0.15) is 11.6 Å². The SMILES string of the molecule is CN1C(=O)c2cc(NC(=O)Cc3ccc(F)cc3)ccc2Oc2ccccc21. The Hall–Kier alpha value is -3.67. The Labute approximate surface area is 161 Å². The summed E-state index contributed by atoms with van der Waals surface area (Å²) >= 11 is 0. The summed E-state index contributed by atoms with van der Waals surface area (Å²) in [5.41, 5.74) is 2.22. The summed E-state index contributed by atoms with van der Waals surface area (Å²) < 4.78 is 18.9. The molecule has 3 aromatic rings. The first-order valence-electron chi connectivity index (χ1n) is 8.74. The van der Waals surface area contributed by atoms with E-state index in [4.69, 9.17) is 4.74 Å². The highest BCUT2D eigenvalue weighted by Crippen LogP contribution is 2.38. The van der Waals surface area contributed by atoms with E-state index >= 15 is 0 Å². The fraction of sp³-hybridized carbons (Fsp3) is 0.0909. The van der Waals surface area contributed by atoms with Crippen LogP contribution in [0.15, 0.2) is 66.7 Å². The van der Waals surface area contributed by atoms with E-state index in [-0.39, 0.29) is 24.1 Å². The molecule has 2 amide bonds. The minimum atomic E-state index is -0.349. The zero-order valence-corrected chi connectivity index (χ0v) is 15.1. The number of carbonyl (C=O) groups excluding carboxylic acids is 2. The maximum Gasteiger partial charge on any atom is 0.261 e. The summed E-state index contributed by atoms with van der Waals surface area (Å²) in [5.74, 6) is 0.182. The molecule has 0 aliphatic carbocycles. The average molecular weight is 376 g/mol. The lowest BCUT2D eigenvalue weighted by atomic mass is 10.1. The molecule has 0 unspecified atom stereocenters. The number of anilines is 2. The number of ether oxygens (including phenoxy) is 1. The van der Waals surface area contributed by atoms with Gasteiger partial charge in [-0.1, -0.05) is 24.3 Å². The van der Waals surface area contributed by atoms with Crippen molar-refractivity contribution in [3.8, 4) is 11.5 Å². The monoisotopic (exact) mass is 376 g/mol. The number of carbonyl (C=O) groups is 2. The highest BCUT2D eigenvalue weighted by Gasteiger charge is 2.25. The van der Waals surface area contributed by atoms with Crippen molar-refractivity contribution in [2.45, 2.75) is 6.42 Å². The quantitative estimate of drug-likeness (QED) is 0.738. The number of fused-ring (bicyclic) bond motifs is 2. The van der Waals surface area contributed by atoms with Crippen LogP contribution in [0.25, 0.3) is 0 Å². The van der Waals surface area contributed by atoms with Gasteiger partial charge in [-0.05, 0) is 48.0 Å². The van der Waals surface area contributed by atoms with E-state index in [2.05, 4.69) is 5.32 Å². The van der Waals surface area contributed by atoms with Gasteiger partial charge in [0.05, 0.1) is 17.7 Å². The smallest absolute Gasteiger partial charge is 0.261 e. The number of benzene rings is 3. The Morgan fingerprint density at radius 3 is 2.57 bits per heavy atom. The van der Waals surface area contributed by atoms with Crippen LogP contribution in [0.4, 0.5) is 15.8 Å². The molecule has 0 spiro atoms. The van der Waals surface area contributed by atoms with E-state index in [0.717, 1.165) is 0 Å². The molecule has 28 heavy (non-hydrogen) atoms. The van der Waals surface area contributed by atoms with Crippen molar-refractivity contribution in [3.63, 3.8) is 0 Å². The molecule has 0 saturated heterocycles. The van der Waals surface area contributed by atoms with E-state index in [1.807, 2.05) is 18.2 Å². The van der Waals surface area contributed by atoms with E-state index in [1.54, 1.807) is 43.4 Å². The van der Waals surface area contributed by atoms with Crippen LogP contribution >= 0.6 is 0 Å². The number of hydrogen-bond donors (Lipinski definition) is 1. The predicted molar refractivity (Wildman–Crippen MR) is 104 cm³/mol. The summed E-state index contributed by atoms with van der Waals surface area (Å²) in [4.78, 5) is 26.7. The summed E-state index contributed by atoms with van der Waals surface area (Å²) in [6, 6.07) is 18.0. The molecular weight excluding hydrogens is 359 g/mol. The van der Waals surface area contributed by atoms with Gasteiger partial charge >= 0.3 is 0 Å². The number of hydrogen-bond acceptors (Lipinski definition) is 3. The molecule has 0 atom stereocenters.